The summed E-state index contributed by atoms with van der Waals surface area (Å²) in [6.07, 6.45) is 1.61. The van der Waals surface area contributed by atoms with Crippen LogP contribution in [0.2, 0.25) is 0 Å². The Hall–Kier alpha value is -3.00. The first-order valence-electron chi connectivity index (χ1n) is 9.15. The molecular weight excluding hydrogens is 344 g/mol. The van der Waals surface area contributed by atoms with Crippen LogP contribution in [0.15, 0.2) is 40.9 Å². The van der Waals surface area contributed by atoms with Gasteiger partial charge in [0.15, 0.2) is 5.82 Å². The van der Waals surface area contributed by atoms with Gasteiger partial charge in [-0.25, -0.2) is 0 Å². The van der Waals surface area contributed by atoms with E-state index in [1.54, 1.807) is 0 Å². The number of hydrogen-bond acceptors (Lipinski definition) is 6. The third-order valence-corrected chi connectivity index (χ3v) is 4.48. The van der Waals surface area contributed by atoms with Crippen molar-refractivity contribution in [1.29, 1.82) is 0 Å². The first-order valence-corrected chi connectivity index (χ1v) is 9.15. The molecule has 0 bridgehead atoms. The number of rotatable bonds is 7. The summed E-state index contributed by atoms with van der Waals surface area (Å²) in [5.74, 6) is 0.974. The highest BCUT2D eigenvalue weighted by molar-refractivity contribution is 5.75. The van der Waals surface area contributed by atoms with E-state index in [9.17, 15) is 4.79 Å². The molecule has 0 atom stereocenters. The summed E-state index contributed by atoms with van der Waals surface area (Å²) < 4.78 is 7.22. The van der Waals surface area contributed by atoms with Crippen LogP contribution in [-0.2, 0) is 37.3 Å². The van der Waals surface area contributed by atoms with Gasteiger partial charge in [-0.1, -0.05) is 35.5 Å². The van der Waals surface area contributed by atoms with E-state index in [0.717, 1.165) is 30.9 Å². The average molecular weight is 366 g/mol. The normalized spacial score (nSPS) is 13.3. The molecule has 2 aromatic heterocycles. The molecule has 0 saturated heterocycles. The summed E-state index contributed by atoms with van der Waals surface area (Å²) in [5.41, 5.74) is 3.24. The van der Waals surface area contributed by atoms with Crippen molar-refractivity contribution in [2.45, 2.75) is 38.9 Å². The monoisotopic (exact) mass is 366 g/mol. The lowest BCUT2D eigenvalue weighted by Gasteiger charge is -2.13. The lowest BCUT2D eigenvalue weighted by Crippen LogP contribution is -2.28. The molecule has 0 fully saturated rings. The summed E-state index contributed by atoms with van der Waals surface area (Å²) in [7, 11) is 0. The molecule has 0 saturated carbocycles. The smallest absolute Gasteiger partial charge is 0.246 e. The number of hydrogen-bond donors (Lipinski definition) is 2. The first-order chi connectivity index (χ1) is 13.3. The molecule has 1 aliphatic rings. The summed E-state index contributed by atoms with van der Waals surface area (Å²) in [6, 6.07) is 12.0. The van der Waals surface area contributed by atoms with Crippen LogP contribution < -0.4 is 10.6 Å². The van der Waals surface area contributed by atoms with Crippen molar-refractivity contribution < 1.29 is 9.32 Å². The fourth-order valence-corrected chi connectivity index (χ4v) is 3.09. The predicted molar refractivity (Wildman–Crippen MR) is 97.6 cm³/mol. The molecule has 1 amide bonds. The van der Waals surface area contributed by atoms with Crippen LogP contribution in [0.3, 0.4) is 0 Å². The number of nitrogens with one attached hydrogen (secondary N) is 2. The van der Waals surface area contributed by atoms with Crippen molar-refractivity contribution in [1.82, 2.24) is 30.6 Å². The second-order valence-electron chi connectivity index (χ2n) is 6.57. The molecule has 0 radical (unpaired) electrons. The summed E-state index contributed by atoms with van der Waals surface area (Å²) in [5, 5.41) is 14.6. The summed E-state index contributed by atoms with van der Waals surface area (Å²) in [4.78, 5) is 16.4. The van der Waals surface area contributed by atoms with Crippen molar-refractivity contribution in [2.75, 3.05) is 6.54 Å². The molecule has 0 spiro atoms. The molecule has 0 unspecified atom stereocenters. The Morgan fingerprint density at radius 3 is 3.04 bits per heavy atom. The van der Waals surface area contributed by atoms with E-state index >= 15 is 0 Å². The number of nitrogens with zero attached hydrogens (tertiary/aromatic N) is 4. The van der Waals surface area contributed by atoms with E-state index in [0.29, 0.717) is 31.0 Å². The maximum Gasteiger partial charge on any atom is 0.246 e. The molecule has 0 aliphatic carbocycles. The van der Waals surface area contributed by atoms with Crippen LogP contribution in [0.1, 0.15) is 35.1 Å². The highest BCUT2D eigenvalue weighted by Crippen LogP contribution is 2.10. The number of benzene rings is 1. The Morgan fingerprint density at radius 2 is 2.19 bits per heavy atom. The predicted octanol–water partition coefficient (Wildman–Crippen LogP) is 1.21. The quantitative estimate of drug-likeness (QED) is 0.652. The van der Waals surface area contributed by atoms with Crippen molar-refractivity contribution in [3.05, 3.63) is 65.1 Å². The largest absolute Gasteiger partial charge is 0.347 e. The fraction of sp³-hybridized carbons (Fsp3) is 0.368. The Morgan fingerprint density at radius 1 is 1.30 bits per heavy atom. The number of aryl methyl sites for hydroxylation is 1. The second-order valence-corrected chi connectivity index (χ2v) is 6.57. The zero-order chi connectivity index (χ0) is 18.5. The van der Waals surface area contributed by atoms with Gasteiger partial charge in [-0.2, -0.15) is 10.1 Å². The van der Waals surface area contributed by atoms with E-state index in [1.807, 2.05) is 35.0 Å². The highest BCUT2D eigenvalue weighted by Gasteiger charge is 2.13. The van der Waals surface area contributed by atoms with Gasteiger partial charge in [0.25, 0.3) is 0 Å². The van der Waals surface area contributed by atoms with Crippen LogP contribution in [0, 0.1) is 0 Å². The Kier molecular flexibility index (Phi) is 5.24. The van der Waals surface area contributed by atoms with Crippen LogP contribution in [0.4, 0.5) is 0 Å². The minimum Gasteiger partial charge on any atom is -0.347 e. The molecule has 1 aliphatic heterocycles. The van der Waals surface area contributed by atoms with Crippen LogP contribution in [-0.4, -0.2) is 32.4 Å². The summed E-state index contributed by atoms with van der Waals surface area (Å²) in [6.45, 7) is 2.89. The van der Waals surface area contributed by atoms with Gasteiger partial charge in [0.1, 0.15) is 0 Å². The minimum atomic E-state index is -0.0538. The fourth-order valence-electron chi connectivity index (χ4n) is 3.09. The van der Waals surface area contributed by atoms with Gasteiger partial charge in [0, 0.05) is 32.4 Å². The Bertz CT molecular complexity index is 879. The first kappa shape index (κ1) is 17.4. The molecular formula is C19H22N6O2. The van der Waals surface area contributed by atoms with Crippen molar-refractivity contribution >= 4 is 5.91 Å². The van der Waals surface area contributed by atoms with E-state index < -0.39 is 0 Å². The number of aromatic nitrogens is 4. The lowest BCUT2D eigenvalue weighted by atomic mass is 10.1. The SMILES string of the molecule is O=C(CCc1cc2n(n1)CCNC2)NCc1nc(Cc2ccccc2)no1. The molecule has 8 nitrogen and oxygen atoms in total. The lowest BCUT2D eigenvalue weighted by molar-refractivity contribution is -0.121. The molecule has 4 rings (SSSR count). The molecule has 140 valence electrons. The van der Waals surface area contributed by atoms with Gasteiger partial charge >= 0.3 is 0 Å². The van der Waals surface area contributed by atoms with Crippen molar-refractivity contribution in [3.8, 4) is 0 Å². The zero-order valence-corrected chi connectivity index (χ0v) is 15.0. The van der Waals surface area contributed by atoms with E-state index in [4.69, 9.17) is 4.52 Å². The topological polar surface area (TPSA) is 97.9 Å². The van der Waals surface area contributed by atoms with E-state index in [1.165, 1.54) is 5.69 Å². The third kappa shape index (κ3) is 4.59. The van der Waals surface area contributed by atoms with Crippen LogP contribution in [0.25, 0.3) is 0 Å². The third-order valence-electron chi connectivity index (χ3n) is 4.48. The van der Waals surface area contributed by atoms with Crippen LogP contribution >= 0.6 is 0 Å². The number of fused-ring (bicyclic) bond motifs is 1. The summed E-state index contributed by atoms with van der Waals surface area (Å²) >= 11 is 0. The maximum atomic E-state index is 12.1. The van der Waals surface area contributed by atoms with Crippen molar-refractivity contribution in [3.63, 3.8) is 0 Å². The van der Waals surface area contributed by atoms with E-state index in [2.05, 4.69) is 31.9 Å². The molecule has 3 aromatic rings. The highest BCUT2D eigenvalue weighted by atomic mass is 16.5. The minimum absolute atomic E-state index is 0.0538. The van der Waals surface area contributed by atoms with Crippen LogP contribution in [0.5, 0.6) is 0 Å². The molecule has 2 N–H and O–H groups in total. The molecule has 27 heavy (non-hydrogen) atoms. The second kappa shape index (κ2) is 8.13. The maximum absolute atomic E-state index is 12.1. The number of carbonyl (C=O) groups is 1. The van der Waals surface area contributed by atoms with Gasteiger partial charge in [0.05, 0.1) is 24.5 Å². The average Bonchev–Trinajstić information content (AvgIpc) is 3.32. The Labute approximate surface area is 157 Å². The Balaban J connectivity index is 1.23. The van der Waals surface area contributed by atoms with E-state index in [-0.39, 0.29) is 12.5 Å². The molecule has 1 aromatic carbocycles. The van der Waals surface area contributed by atoms with Gasteiger partial charge < -0.3 is 15.2 Å². The van der Waals surface area contributed by atoms with Gasteiger partial charge in [0.2, 0.25) is 11.8 Å². The zero-order valence-electron chi connectivity index (χ0n) is 15.0. The van der Waals surface area contributed by atoms with Crippen molar-refractivity contribution in [2.24, 2.45) is 0 Å². The van der Waals surface area contributed by atoms with Gasteiger partial charge in [-0.3, -0.25) is 9.48 Å². The van der Waals surface area contributed by atoms with Gasteiger partial charge in [-0.15, -0.1) is 0 Å². The molecule has 8 heteroatoms. The number of amides is 1. The number of carbonyl (C=O) groups excluding carboxylic acids is 1. The molecule has 3 heterocycles. The van der Waals surface area contributed by atoms with Gasteiger partial charge in [-0.05, 0) is 11.6 Å². The standard InChI is InChI=1S/C19H22N6O2/c26-18(7-6-15-11-16-12-20-8-9-25(16)23-15)21-13-19-22-17(24-27-19)10-14-4-2-1-3-5-14/h1-5,11,20H,6-10,12-13H2,(H,21,26).